The summed E-state index contributed by atoms with van der Waals surface area (Å²) in [6.07, 6.45) is 1.59. The van der Waals surface area contributed by atoms with Crippen molar-refractivity contribution >= 4 is 0 Å². The molecular formula is C29H32F8O. The van der Waals surface area contributed by atoms with Crippen LogP contribution < -0.4 is 4.74 Å². The third-order valence-corrected chi connectivity index (χ3v) is 8.35. The zero-order valence-electron chi connectivity index (χ0n) is 21.2. The van der Waals surface area contributed by atoms with Crippen molar-refractivity contribution < 1.29 is 39.9 Å². The van der Waals surface area contributed by atoms with Gasteiger partial charge in [0, 0.05) is 12.1 Å². The van der Waals surface area contributed by atoms with Gasteiger partial charge in [0.15, 0.2) is 0 Å². The molecule has 0 amide bonds. The number of hydrogen-bond donors (Lipinski definition) is 0. The van der Waals surface area contributed by atoms with Gasteiger partial charge in [-0.1, -0.05) is 38.7 Å². The van der Waals surface area contributed by atoms with Gasteiger partial charge in [-0.3, -0.25) is 0 Å². The molecule has 0 N–H and O–H groups in total. The predicted octanol–water partition coefficient (Wildman–Crippen LogP) is 10.1. The Morgan fingerprint density at radius 1 is 0.737 bits per heavy atom. The lowest BCUT2D eigenvalue weighted by molar-refractivity contribution is -0.187. The molecule has 0 aliphatic heterocycles. The SMILES string of the molecule is CCC[C@H]1CC[C@H](C2CCC(c3ccc(C(F)(F)Oc4cc(F)c(C(F)(F)F)c(F)c4)c(F)c3)CC2)CC1. The molecule has 0 saturated heterocycles. The van der Waals surface area contributed by atoms with Crippen LogP contribution in [0.2, 0.25) is 0 Å². The predicted molar refractivity (Wildman–Crippen MR) is 127 cm³/mol. The van der Waals surface area contributed by atoms with Gasteiger partial charge < -0.3 is 4.74 Å². The van der Waals surface area contributed by atoms with Gasteiger partial charge in [0.1, 0.15) is 28.8 Å². The smallest absolute Gasteiger partial charge is 0.429 e. The normalized spacial score (nSPS) is 24.9. The van der Waals surface area contributed by atoms with Gasteiger partial charge in [-0.05, 0) is 79.9 Å². The Kier molecular flexibility index (Phi) is 8.62. The minimum absolute atomic E-state index is 0.000799. The van der Waals surface area contributed by atoms with E-state index in [0.717, 1.165) is 49.7 Å². The third-order valence-electron chi connectivity index (χ3n) is 8.35. The second kappa shape index (κ2) is 11.4. The van der Waals surface area contributed by atoms with Gasteiger partial charge in [0.05, 0.1) is 5.56 Å². The molecule has 0 heterocycles. The maximum absolute atomic E-state index is 14.8. The first kappa shape index (κ1) is 28.7. The van der Waals surface area contributed by atoms with E-state index in [1.54, 1.807) is 0 Å². The fraction of sp³-hybridized carbons (Fsp3) is 0.586. The maximum atomic E-state index is 14.8. The van der Waals surface area contributed by atoms with Crippen molar-refractivity contribution in [2.75, 3.05) is 0 Å². The molecule has 0 atom stereocenters. The fourth-order valence-corrected chi connectivity index (χ4v) is 6.38. The lowest BCUT2D eigenvalue weighted by Gasteiger charge is -2.38. The summed E-state index contributed by atoms with van der Waals surface area (Å²) in [6.45, 7) is 2.22. The van der Waals surface area contributed by atoms with Gasteiger partial charge in [-0.25, -0.2) is 13.2 Å². The summed E-state index contributed by atoms with van der Waals surface area (Å²) in [6, 6.07) is 3.29. The van der Waals surface area contributed by atoms with Crippen molar-refractivity contribution in [2.45, 2.75) is 89.3 Å². The highest BCUT2D eigenvalue weighted by molar-refractivity contribution is 5.34. The van der Waals surface area contributed by atoms with E-state index in [9.17, 15) is 35.1 Å². The summed E-state index contributed by atoms with van der Waals surface area (Å²) >= 11 is 0. The zero-order chi connectivity index (χ0) is 27.7. The van der Waals surface area contributed by atoms with Crippen LogP contribution in [0.25, 0.3) is 0 Å². The summed E-state index contributed by atoms with van der Waals surface area (Å²) in [4.78, 5) is 0. The molecule has 9 heteroatoms. The fourth-order valence-electron chi connectivity index (χ4n) is 6.38. The summed E-state index contributed by atoms with van der Waals surface area (Å²) < 4.78 is 114. The van der Waals surface area contributed by atoms with Gasteiger partial charge in [-0.15, -0.1) is 0 Å². The molecular weight excluding hydrogens is 516 g/mol. The molecule has 210 valence electrons. The van der Waals surface area contributed by atoms with Crippen LogP contribution in [0.5, 0.6) is 5.75 Å². The topological polar surface area (TPSA) is 9.23 Å². The summed E-state index contributed by atoms with van der Waals surface area (Å²) in [7, 11) is 0. The Morgan fingerprint density at radius 3 is 1.79 bits per heavy atom. The van der Waals surface area contributed by atoms with Crippen molar-refractivity contribution in [3.8, 4) is 5.75 Å². The molecule has 2 saturated carbocycles. The van der Waals surface area contributed by atoms with E-state index in [4.69, 9.17) is 0 Å². The van der Waals surface area contributed by atoms with Crippen LogP contribution >= 0.6 is 0 Å². The van der Waals surface area contributed by atoms with E-state index in [1.165, 1.54) is 44.6 Å². The van der Waals surface area contributed by atoms with Crippen LogP contribution in [0.4, 0.5) is 35.1 Å². The van der Waals surface area contributed by atoms with Crippen LogP contribution in [0.15, 0.2) is 30.3 Å². The first-order valence-corrected chi connectivity index (χ1v) is 13.3. The van der Waals surface area contributed by atoms with Crippen LogP contribution in [-0.2, 0) is 12.3 Å². The Hall–Kier alpha value is -2.32. The van der Waals surface area contributed by atoms with Gasteiger partial charge in [-0.2, -0.15) is 22.0 Å². The van der Waals surface area contributed by atoms with Crippen molar-refractivity contribution in [3.05, 3.63) is 64.5 Å². The van der Waals surface area contributed by atoms with E-state index < -0.39 is 46.6 Å². The number of alkyl halides is 5. The van der Waals surface area contributed by atoms with Crippen molar-refractivity contribution in [3.63, 3.8) is 0 Å². The summed E-state index contributed by atoms with van der Waals surface area (Å²) in [5.74, 6) is -4.42. The largest absolute Gasteiger partial charge is 0.429 e. The molecule has 0 unspecified atom stereocenters. The monoisotopic (exact) mass is 548 g/mol. The van der Waals surface area contributed by atoms with Crippen molar-refractivity contribution in [2.24, 2.45) is 17.8 Å². The number of rotatable bonds is 7. The van der Waals surface area contributed by atoms with E-state index in [2.05, 4.69) is 11.7 Å². The molecule has 0 spiro atoms. The second-order valence-electron chi connectivity index (χ2n) is 10.8. The molecule has 2 fully saturated rings. The highest BCUT2D eigenvalue weighted by atomic mass is 19.4. The standard InChI is InChI=1S/C29H32F8O/c1-2-3-17-4-6-18(7-5-17)19-8-10-20(11-9-19)21-12-13-23(24(30)14-21)29(36,37)38-22-15-25(31)27(26(32)16-22)28(33,34)35/h12-20H,2-11H2,1H3/t17-,18-,19?,20?. The molecule has 2 aliphatic carbocycles. The molecule has 0 bridgehead atoms. The van der Waals surface area contributed by atoms with Gasteiger partial charge in [0.2, 0.25) is 0 Å². The van der Waals surface area contributed by atoms with Crippen LogP contribution in [-0.4, -0.2) is 0 Å². The third kappa shape index (κ3) is 6.45. The van der Waals surface area contributed by atoms with Crippen LogP contribution in [0.3, 0.4) is 0 Å². The Labute approximate surface area is 217 Å². The van der Waals surface area contributed by atoms with Crippen LogP contribution in [0.1, 0.15) is 93.7 Å². The van der Waals surface area contributed by atoms with Crippen molar-refractivity contribution in [1.29, 1.82) is 0 Å². The number of halogens is 8. The van der Waals surface area contributed by atoms with E-state index in [1.807, 2.05) is 0 Å². The molecule has 2 aromatic rings. The minimum Gasteiger partial charge on any atom is -0.429 e. The number of benzene rings is 2. The average Bonchev–Trinajstić information content (AvgIpc) is 2.83. The summed E-state index contributed by atoms with van der Waals surface area (Å²) in [5, 5.41) is 0. The first-order valence-electron chi connectivity index (χ1n) is 13.3. The Bertz CT molecular complexity index is 1070. The zero-order valence-corrected chi connectivity index (χ0v) is 21.2. The molecule has 1 nitrogen and oxygen atoms in total. The van der Waals surface area contributed by atoms with Crippen molar-refractivity contribution in [1.82, 2.24) is 0 Å². The quantitative estimate of drug-likeness (QED) is 0.313. The van der Waals surface area contributed by atoms with Crippen LogP contribution in [0, 0.1) is 35.2 Å². The lowest BCUT2D eigenvalue weighted by atomic mass is 9.68. The molecule has 4 rings (SSSR count). The highest BCUT2D eigenvalue weighted by Crippen LogP contribution is 2.45. The minimum atomic E-state index is -5.36. The number of hydrogen-bond acceptors (Lipinski definition) is 1. The summed E-state index contributed by atoms with van der Waals surface area (Å²) in [5.41, 5.74) is -2.79. The second-order valence-corrected chi connectivity index (χ2v) is 10.8. The molecule has 2 aromatic carbocycles. The average molecular weight is 549 g/mol. The van der Waals surface area contributed by atoms with E-state index in [-0.39, 0.29) is 18.1 Å². The van der Waals surface area contributed by atoms with E-state index in [0.29, 0.717) is 11.5 Å². The molecule has 38 heavy (non-hydrogen) atoms. The van der Waals surface area contributed by atoms with Gasteiger partial charge >= 0.3 is 12.3 Å². The molecule has 0 radical (unpaired) electrons. The Balaban J connectivity index is 1.39. The maximum Gasteiger partial charge on any atom is 0.429 e. The first-order chi connectivity index (χ1) is 17.9. The number of ether oxygens (including phenoxy) is 1. The Morgan fingerprint density at radius 2 is 1.29 bits per heavy atom. The lowest BCUT2D eigenvalue weighted by Crippen LogP contribution is -2.26. The molecule has 2 aliphatic rings. The van der Waals surface area contributed by atoms with Gasteiger partial charge in [0.25, 0.3) is 0 Å². The van der Waals surface area contributed by atoms with E-state index >= 15 is 0 Å². The highest BCUT2D eigenvalue weighted by Gasteiger charge is 2.41. The molecule has 0 aromatic heterocycles.